The molecule has 0 rings (SSSR count). The molecule has 0 radical (unpaired) electrons. The fourth-order valence-corrected chi connectivity index (χ4v) is 8.68. The van der Waals surface area contributed by atoms with E-state index < -0.39 is 32.5 Å². The van der Waals surface area contributed by atoms with Gasteiger partial charge in [-0.2, -0.15) is 0 Å². The van der Waals surface area contributed by atoms with Crippen molar-refractivity contribution in [3.63, 3.8) is 0 Å². The second-order valence-electron chi connectivity index (χ2n) is 21.0. The molecule has 2 atom stereocenters. The largest absolute Gasteiger partial charge is 0.756 e. The molecular formula is C65H112NO8P. The lowest BCUT2D eigenvalue weighted by molar-refractivity contribution is -0.870. The van der Waals surface area contributed by atoms with Crippen LogP contribution in [0.2, 0.25) is 0 Å². The number of phosphoric ester groups is 1. The van der Waals surface area contributed by atoms with Gasteiger partial charge in [0.15, 0.2) is 6.10 Å². The van der Waals surface area contributed by atoms with Gasteiger partial charge in [-0.15, -0.1) is 0 Å². The lowest BCUT2D eigenvalue weighted by Gasteiger charge is -2.28. The van der Waals surface area contributed by atoms with Gasteiger partial charge in [0, 0.05) is 12.8 Å². The number of hydrogen-bond acceptors (Lipinski definition) is 8. The molecule has 0 heterocycles. The number of nitrogens with zero attached hydrogens (tertiary/aromatic N) is 1. The zero-order valence-corrected chi connectivity index (χ0v) is 49.6. The summed E-state index contributed by atoms with van der Waals surface area (Å²) >= 11 is 0. The molecule has 0 spiro atoms. The van der Waals surface area contributed by atoms with Crippen molar-refractivity contribution in [1.29, 1.82) is 0 Å². The number of allylic oxidation sites excluding steroid dienone is 18. The maximum absolute atomic E-state index is 12.8. The van der Waals surface area contributed by atoms with Crippen LogP contribution in [0.1, 0.15) is 239 Å². The Balaban J connectivity index is 4.29. The standard InChI is InChI=1S/C65H112NO8P/c1-6-8-10-12-14-16-18-20-22-24-26-28-30-31-32-33-34-35-36-38-40-42-44-46-48-50-52-54-56-58-65(68)74-63(62-73-75(69,70)72-60-59-66(3,4)5)61-71-64(67)57-55-53-51-49-47-45-43-41-39-37-29-27-25-23-21-19-17-15-13-11-9-7-2/h8,10,14,16,20,22,26,28,31-32,34-35,38,40,44,46,50,52,63H,6-7,9,11-13,15,17-19,21,23-25,27,29-30,33,36-37,39,41-43,45,47-49,51,53-62H2,1-5H3/b10-8-,16-14-,22-20-,28-26-,32-31-,35-34-,40-38-,46-44-,52-50-. The minimum absolute atomic E-state index is 0.0463. The summed E-state index contributed by atoms with van der Waals surface area (Å²) in [6.45, 7) is 4.07. The van der Waals surface area contributed by atoms with Crippen molar-refractivity contribution in [2.75, 3.05) is 47.5 Å². The number of carbonyl (C=O) groups is 2. The molecule has 0 saturated heterocycles. The van der Waals surface area contributed by atoms with Gasteiger partial charge >= 0.3 is 11.9 Å². The molecule has 0 aliphatic heterocycles. The molecule has 75 heavy (non-hydrogen) atoms. The number of rotatable bonds is 54. The van der Waals surface area contributed by atoms with E-state index in [4.69, 9.17) is 18.5 Å². The van der Waals surface area contributed by atoms with Gasteiger partial charge in [0.2, 0.25) is 0 Å². The molecule has 0 aromatic carbocycles. The van der Waals surface area contributed by atoms with Gasteiger partial charge in [-0.3, -0.25) is 14.2 Å². The minimum Gasteiger partial charge on any atom is -0.756 e. The smallest absolute Gasteiger partial charge is 0.306 e. The Morgan fingerprint density at radius 3 is 1.12 bits per heavy atom. The van der Waals surface area contributed by atoms with Gasteiger partial charge in [-0.1, -0.05) is 258 Å². The number of hydrogen-bond donors (Lipinski definition) is 0. The molecule has 10 heteroatoms. The van der Waals surface area contributed by atoms with Crippen LogP contribution in [0, 0.1) is 0 Å². The Morgan fingerprint density at radius 2 is 0.760 bits per heavy atom. The van der Waals surface area contributed by atoms with Crippen LogP contribution in [-0.4, -0.2) is 70.0 Å². The maximum Gasteiger partial charge on any atom is 0.306 e. The highest BCUT2D eigenvalue weighted by molar-refractivity contribution is 7.45. The van der Waals surface area contributed by atoms with Crippen molar-refractivity contribution in [2.24, 2.45) is 0 Å². The van der Waals surface area contributed by atoms with E-state index in [-0.39, 0.29) is 26.1 Å². The van der Waals surface area contributed by atoms with Crippen LogP contribution >= 0.6 is 7.82 Å². The lowest BCUT2D eigenvalue weighted by Crippen LogP contribution is -2.37. The fourth-order valence-electron chi connectivity index (χ4n) is 7.95. The number of likely N-dealkylation sites (N-methyl/N-ethyl adjacent to an activating group) is 1. The first-order chi connectivity index (χ1) is 36.5. The number of unbranched alkanes of at least 4 members (excludes halogenated alkanes) is 22. The quantitative estimate of drug-likeness (QED) is 0.0195. The lowest BCUT2D eigenvalue weighted by atomic mass is 10.0. The fraction of sp³-hybridized carbons (Fsp3) is 0.692. The summed E-state index contributed by atoms with van der Waals surface area (Å²) in [5.74, 6) is -0.903. The van der Waals surface area contributed by atoms with E-state index in [1.54, 1.807) is 0 Å². The zero-order valence-electron chi connectivity index (χ0n) is 48.7. The average molecular weight is 1070 g/mol. The Morgan fingerprint density at radius 1 is 0.427 bits per heavy atom. The normalized spacial score (nSPS) is 14.1. The number of phosphoric acid groups is 1. The number of esters is 2. The third-order valence-corrected chi connectivity index (χ3v) is 13.5. The van der Waals surface area contributed by atoms with E-state index in [2.05, 4.69) is 117 Å². The molecule has 0 N–H and O–H groups in total. The Labute approximate surface area is 461 Å². The summed E-state index contributed by atoms with van der Waals surface area (Å²) in [5.41, 5.74) is 0. The van der Waals surface area contributed by atoms with Gasteiger partial charge in [-0.25, -0.2) is 0 Å². The van der Waals surface area contributed by atoms with Gasteiger partial charge in [-0.05, 0) is 77.0 Å². The summed E-state index contributed by atoms with van der Waals surface area (Å²) in [4.78, 5) is 37.9. The van der Waals surface area contributed by atoms with Gasteiger partial charge in [0.1, 0.15) is 19.8 Å². The molecule has 9 nitrogen and oxygen atoms in total. The Kier molecular flexibility index (Phi) is 53.0. The number of carbonyl (C=O) groups excluding carboxylic acids is 2. The molecule has 0 aromatic heterocycles. The van der Waals surface area contributed by atoms with E-state index in [0.717, 1.165) is 77.0 Å². The monoisotopic (exact) mass is 1070 g/mol. The van der Waals surface area contributed by atoms with E-state index in [0.29, 0.717) is 23.9 Å². The maximum atomic E-state index is 12.8. The Hall–Kier alpha value is -3.33. The van der Waals surface area contributed by atoms with Crippen molar-refractivity contribution >= 4 is 19.8 Å². The van der Waals surface area contributed by atoms with Crippen LogP contribution in [0.3, 0.4) is 0 Å². The molecule has 0 aliphatic rings. The summed E-state index contributed by atoms with van der Waals surface area (Å²) in [6.07, 6.45) is 77.2. The highest BCUT2D eigenvalue weighted by Gasteiger charge is 2.21. The third kappa shape index (κ3) is 59.8. The van der Waals surface area contributed by atoms with Gasteiger partial charge < -0.3 is 27.9 Å². The van der Waals surface area contributed by atoms with Crippen molar-refractivity contribution in [2.45, 2.75) is 245 Å². The first kappa shape index (κ1) is 71.7. The molecule has 0 fully saturated rings. The summed E-state index contributed by atoms with van der Waals surface area (Å²) in [5, 5.41) is 0. The van der Waals surface area contributed by atoms with E-state index in [9.17, 15) is 19.0 Å². The van der Waals surface area contributed by atoms with Crippen LogP contribution in [0.15, 0.2) is 109 Å². The topological polar surface area (TPSA) is 111 Å². The van der Waals surface area contributed by atoms with E-state index in [1.807, 2.05) is 27.2 Å². The van der Waals surface area contributed by atoms with Crippen molar-refractivity contribution < 1.29 is 42.1 Å². The predicted octanol–water partition coefficient (Wildman–Crippen LogP) is 18.3. The highest BCUT2D eigenvalue weighted by atomic mass is 31.2. The minimum atomic E-state index is -4.66. The highest BCUT2D eigenvalue weighted by Crippen LogP contribution is 2.38. The van der Waals surface area contributed by atoms with Crippen LogP contribution in [-0.2, 0) is 32.7 Å². The SMILES string of the molecule is CC/C=C\C/C=C\C/C=C\C/C=C\C/C=C\C/C=C\C/C=C\C/C=C\C/C=C\CCCC(=O)OC(COC(=O)CCCCCCCCCCCCCCCCCCCCCCCC)COP(=O)([O-])OCC[N+](C)(C)C. The average Bonchev–Trinajstić information content (AvgIpc) is 3.37. The van der Waals surface area contributed by atoms with Gasteiger partial charge in [0.25, 0.3) is 7.82 Å². The number of ether oxygens (including phenoxy) is 2. The van der Waals surface area contributed by atoms with Crippen LogP contribution in [0.25, 0.3) is 0 Å². The third-order valence-electron chi connectivity index (χ3n) is 12.6. The predicted molar refractivity (Wildman–Crippen MR) is 318 cm³/mol. The zero-order chi connectivity index (χ0) is 54.9. The summed E-state index contributed by atoms with van der Waals surface area (Å²) < 4.78 is 34.1. The van der Waals surface area contributed by atoms with E-state index >= 15 is 0 Å². The molecule has 2 unspecified atom stereocenters. The molecule has 0 saturated carbocycles. The molecule has 0 aromatic rings. The first-order valence-corrected chi connectivity index (χ1v) is 31.6. The van der Waals surface area contributed by atoms with Crippen LogP contribution in [0.4, 0.5) is 0 Å². The molecule has 0 bridgehead atoms. The second-order valence-corrected chi connectivity index (χ2v) is 22.4. The second kappa shape index (κ2) is 55.4. The molecule has 0 aliphatic carbocycles. The van der Waals surface area contributed by atoms with E-state index in [1.165, 1.54) is 122 Å². The summed E-state index contributed by atoms with van der Waals surface area (Å²) in [6, 6.07) is 0. The molecule has 0 amide bonds. The number of quaternary nitrogens is 1. The van der Waals surface area contributed by atoms with Gasteiger partial charge in [0.05, 0.1) is 27.7 Å². The Bertz CT molecular complexity index is 1630. The van der Waals surface area contributed by atoms with Crippen LogP contribution < -0.4 is 4.89 Å². The molecule has 430 valence electrons. The van der Waals surface area contributed by atoms with Crippen molar-refractivity contribution in [1.82, 2.24) is 0 Å². The first-order valence-electron chi connectivity index (χ1n) is 30.1. The van der Waals surface area contributed by atoms with Crippen molar-refractivity contribution in [3.05, 3.63) is 109 Å². The summed E-state index contributed by atoms with van der Waals surface area (Å²) in [7, 11) is 1.12. The van der Waals surface area contributed by atoms with Crippen molar-refractivity contribution in [3.8, 4) is 0 Å². The molecular weight excluding hydrogens is 954 g/mol. The van der Waals surface area contributed by atoms with Crippen LogP contribution in [0.5, 0.6) is 0 Å².